The van der Waals surface area contributed by atoms with Gasteiger partial charge in [0.15, 0.2) is 6.61 Å². The fourth-order valence-corrected chi connectivity index (χ4v) is 5.50. The number of amides is 3. The molecule has 0 aliphatic carbocycles. The summed E-state index contributed by atoms with van der Waals surface area (Å²) in [4.78, 5) is 68.5. The number of unbranched alkanes of at least 4 members (excludes halogenated alkanes) is 1. The maximum absolute atomic E-state index is 13.9. The number of nitrogens with zero attached hydrogens (tertiary/aromatic N) is 2. The molecule has 0 spiro atoms. The molecule has 274 valence electrons. The molecule has 1 aliphatic rings. The van der Waals surface area contributed by atoms with Crippen LogP contribution in [0.5, 0.6) is 5.75 Å². The van der Waals surface area contributed by atoms with Crippen LogP contribution in [-0.2, 0) is 35.2 Å². The molecule has 1 atom stereocenters. The summed E-state index contributed by atoms with van der Waals surface area (Å²) in [6.45, 7) is 10.3. The Balaban J connectivity index is 1.49. The molecule has 1 saturated heterocycles. The van der Waals surface area contributed by atoms with Crippen LogP contribution in [0.3, 0.4) is 0 Å². The normalized spacial score (nSPS) is 13.7. The highest BCUT2D eigenvalue weighted by Crippen LogP contribution is 2.29. The lowest BCUT2D eigenvalue weighted by molar-refractivity contribution is -0.155. The summed E-state index contributed by atoms with van der Waals surface area (Å²) < 4.78 is 22.0. The second kappa shape index (κ2) is 18.2. The molecule has 1 fully saturated rings. The van der Waals surface area contributed by atoms with Gasteiger partial charge in [-0.3, -0.25) is 14.4 Å². The molecular weight excluding hydrogens is 654 g/mol. The van der Waals surface area contributed by atoms with E-state index in [1.807, 2.05) is 62.4 Å². The van der Waals surface area contributed by atoms with Crippen LogP contribution in [-0.4, -0.2) is 90.7 Å². The molecule has 3 aromatic rings. The highest BCUT2D eigenvalue weighted by atomic mass is 16.6. The van der Waals surface area contributed by atoms with Gasteiger partial charge in [-0.05, 0) is 63.6 Å². The number of ether oxygens (including phenoxy) is 4. The van der Waals surface area contributed by atoms with Gasteiger partial charge in [0.1, 0.15) is 24.0 Å². The van der Waals surface area contributed by atoms with Gasteiger partial charge in [-0.2, -0.15) is 0 Å². The molecule has 51 heavy (non-hydrogen) atoms. The number of piperazine rings is 1. The fourth-order valence-electron chi connectivity index (χ4n) is 5.50. The Labute approximate surface area is 299 Å². The van der Waals surface area contributed by atoms with Crippen LogP contribution in [0.2, 0.25) is 0 Å². The van der Waals surface area contributed by atoms with Gasteiger partial charge < -0.3 is 34.1 Å². The molecule has 12 heteroatoms. The molecule has 1 unspecified atom stereocenters. The first-order valence-corrected chi connectivity index (χ1v) is 17.4. The third-order valence-electron chi connectivity index (χ3n) is 8.15. The van der Waals surface area contributed by atoms with E-state index in [4.69, 9.17) is 18.9 Å². The lowest BCUT2D eigenvalue weighted by Crippen LogP contribution is -2.56. The predicted octanol–water partition coefficient (Wildman–Crippen LogP) is 5.57. The SMILES string of the molecule is CCCCOC(=O)N1CCN(C(=O)C(CCC(=O)OC(C)(C)C)NC(=O)c2cc(OCC(=O)OCc3ccccc3)c3ccc(C)cc3c2)CC1. The average Bonchev–Trinajstić information content (AvgIpc) is 3.10. The number of aryl methyl sites for hydroxylation is 1. The van der Waals surface area contributed by atoms with E-state index in [1.165, 1.54) is 6.07 Å². The molecule has 0 radical (unpaired) electrons. The van der Waals surface area contributed by atoms with Crippen molar-refractivity contribution in [2.24, 2.45) is 0 Å². The minimum Gasteiger partial charge on any atom is -0.481 e. The third-order valence-corrected chi connectivity index (χ3v) is 8.15. The molecule has 0 aromatic heterocycles. The van der Waals surface area contributed by atoms with Gasteiger partial charge in [0.2, 0.25) is 5.91 Å². The molecule has 0 bridgehead atoms. The molecule has 12 nitrogen and oxygen atoms in total. The van der Waals surface area contributed by atoms with Crippen LogP contribution in [0.15, 0.2) is 60.7 Å². The Morgan fingerprint density at radius 1 is 0.863 bits per heavy atom. The smallest absolute Gasteiger partial charge is 0.409 e. The molecular formula is C39H49N3O9. The van der Waals surface area contributed by atoms with E-state index in [-0.39, 0.29) is 63.7 Å². The maximum Gasteiger partial charge on any atom is 0.409 e. The number of benzene rings is 3. The first-order valence-electron chi connectivity index (χ1n) is 17.4. The van der Waals surface area contributed by atoms with Crippen molar-refractivity contribution in [1.29, 1.82) is 0 Å². The van der Waals surface area contributed by atoms with Crippen molar-refractivity contribution in [2.45, 2.75) is 78.6 Å². The predicted molar refractivity (Wildman–Crippen MR) is 191 cm³/mol. The second-order valence-corrected chi connectivity index (χ2v) is 13.6. The zero-order valence-corrected chi connectivity index (χ0v) is 30.2. The highest BCUT2D eigenvalue weighted by molar-refractivity contribution is 6.02. The lowest BCUT2D eigenvalue weighted by Gasteiger charge is -2.36. The van der Waals surface area contributed by atoms with Crippen molar-refractivity contribution in [1.82, 2.24) is 15.1 Å². The Hall–Kier alpha value is -5.13. The summed E-state index contributed by atoms with van der Waals surface area (Å²) in [7, 11) is 0. The van der Waals surface area contributed by atoms with Crippen LogP contribution in [0.4, 0.5) is 4.79 Å². The van der Waals surface area contributed by atoms with E-state index in [0.29, 0.717) is 23.1 Å². The van der Waals surface area contributed by atoms with Crippen LogP contribution < -0.4 is 10.1 Å². The van der Waals surface area contributed by atoms with Gasteiger partial charge in [0, 0.05) is 43.5 Å². The monoisotopic (exact) mass is 703 g/mol. The Bertz CT molecular complexity index is 1680. The van der Waals surface area contributed by atoms with Crippen LogP contribution in [0, 0.1) is 6.92 Å². The number of fused-ring (bicyclic) bond motifs is 1. The number of hydrogen-bond acceptors (Lipinski definition) is 9. The molecule has 1 heterocycles. The third kappa shape index (κ3) is 12.0. The first-order chi connectivity index (χ1) is 24.3. The van der Waals surface area contributed by atoms with E-state index in [2.05, 4.69) is 5.32 Å². The summed E-state index contributed by atoms with van der Waals surface area (Å²) in [5.74, 6) is -1.70. The summed E-state index contributed by atoms with van der Waals surface area (Å²) in [6, 6.07) is 17.1. The molecule has 1 aliphatic heterocycles. The van der Waals surface area contributed by atoms with Crippen LogP contribution in [0.25, 0.3) is 10.8 Å². The van der Waals surface area contributed by atoms with E-state index in [0.717, 1.165) is 24.0 Å². The molecule has 0 saturated carbocycles. The number of nitrogens with one attached hydrogen (secondary N) is 1. The van der Waals surface area contributed by atoms with Crippen molar-refractivity contribution in [3.8, 4) is 5.75 Å². The van der Waals surface area contributed by atoms with Gasteiger partial charge >= 0.3 is 18.0 Å². The highest BCUT2D eigenvalue weighted by Gasteiger charge is 2.32. The van der Waals surface area contributed by atoms with Crippen molar-refractivity contribution in [2.75, 3.05) is 39.4 Å². The topological polar surface area (TPSA) is 141 Å². The van der Waals surface area contributed by atoms with Gasteiger partial charge in [0.05, 0.1) is 6.61 Å². The summed E-state index contributed by atoms with van der Waals surface area (Å²) in [6.07, 6.45) is 1.16. The maximum atomic E-state index is 13.9. The molecule has 3 aromatic carbocycles. The Kier molecular flexibility index (Phi) is 13.8. The van der Waals surface area contributed by atoms with Crippen molar-refractivity contribution >= 4 is 40.6 Å². The van der Waals surface area contributed by atoms with Crippen molar-refractivity contribution in [3.63, 3.8) is 0 Å². The first kappa shape index (κ1) is 38.7. The second-order valence-electron chi connectivity index (χ2n) is 13.6. The number of carbonyl (C=O) groups is 5. The minimum absolute atomic E-state index is 0.00205. The Morgan fingerprint density at radius 3 is 2.25 bits per heavy atom. The van der Waals surface area contributed by atoms with Crippen LogP contribution in [0.1, 0.15) is 74.9 Å². The van der Waals surface area contributed by atoms with Gasteiger partial charge in [-0.1, -0.05) is 67.4 Å². The van der Waals surface area contributed by atoms with Crippen molar-refractivity contribution in [3.05, 3.63) is 77.4 Å². The standard InChI is InChI=1S/C39H49N3O9/c1-6-7-21-48-38(47)42-19-17-41(18-20-42)37(46)32(15-16-34(43)51-39(3,4)5)40-36(45)30-23-29-22-27(2)13-14-31(29)33(24-30)49-26-35(44)50-25-28-11-9-8-10-12-28/h8-14,22-24,32H,6-7,15-21,25-26H2,1-5H3,(H,40,45). The quantitative estimate of drug-likeness (QED) is 0.130. The Morgan fingerprint density at radius 2 is 1.57 bits per heavy atom. The van der Waals surface area contributed by atoms with Gasteiger partial charge in [-0.25, -0.2) is 9.59 Å². The van der Waals surface area contributed by atoms with E-state index >= 15 is 0 Å². The lowest BCUT2D eigenvalue weighted by atomic mass is 10.0. The van der Waals surface area contributed by atoms with E-state index in [9.17, 15) is 24.0 Å². The van der Waals surface area contributed by atoms with Gasteiger partial charge in [0.25, 0.3) is 5.91 Å². The number of hydrogen-bond donors (Lipinski definition) is 1. The zero-order valence-electron chi connectivity index (χ0n) is 30.2. The van der Waals surface area contributed by atoms with E-state index < -0.39 is 35.6 Å². The number of rotatable bonds is 14. The van der Waals surface area contributed by atoms with E-state index in [1.54, 1.807) is 36.6 Å². The largest absolute Gasteiger partial charge is 0.481 e. The number of esters is 2. The average molecular weight is 704 g/mol. The molecule has 3 amide bonds. The summed E-state index contributed by atoms with van der Waals surface area (Å²) in [5.41, 5.74) is 1.28. The summed E-state index contributed by atoms with van der Waals surface area (Å²) >= 11 is 0. The number of carbonyl (C=O) groups excluding carboxylic acids is 5. The minimum atomic E-state index is -1.06. The molecule has 1 N–H and O–H groups in total. The van der Waals surface area contributed by atoms with Crippen molar-refractivity contribution < 1.29 is 42.9 Å². The fraction of sp³-hybridized carbons (Fsp3) is 0.462. The summed E-state index contributed by atoms with van der Waals surface area (Å²) in [5, 5.41) is 4.23. The zero-order chi connectivity index (χ0) is 37.0. The molecule has 4 rings (SSSR count). The van der Waals surface area contributed by atoms with Gasteiger partial charge in [-0.15, -0.1) is 0 Å². The van der Waals surface area contributed by atoms with Crippen LogP contribution >= 0.6 is 0 Å².